The first-order chi connectivity index (χ1) is 9.15. The van der Waals surface area contributed by atoms with Crippen molar-refractivity contribution in [2.45, 2.75) is 31.7 Å². The largest absolute Gasteiger partial charge is 0.481 e. The number of carboxylic acid groups (broad SMARTS) is 1. The van der Waals surface area contributed by atoms with Gasteiger partial charge in [0, 0.05) is 5.69 Å². The van der Waals surface area contributed by atoms with E-state index < -0.39 is 5.97 Å². The summed E-state index contributed by atoms with van der Waals surface area (Å²) in [4.78, 5) is 22.5. The Balaban J connectivity index is 1.91. The summed E-state index contributed by atoms with van der Waals surface area (Å²) in [6.07, 6.45) is 3.05. The van der Waals surface area contributed by atoms with Crippen LogP contribution in [0.15, 0.2) is 24.3 Å². The first-order valence-electron chi connectivity index (χ1n) is 6.50. The van der Waals surface area contributed by atoms with Crippen molar-refractivity contribution in [3.63, 3.8) is 0 Å². The van der Waals surface area contributed by atoms with Gasteiger partial charge in [-0.15, -0.1) is 0 Å². The van der Waals surface area contributed by atoms with Crippen LogP contribution in [0.2, 0.25) is 0 Å². The number of anilines is 1. The number of rotatable bonds is 4. The first kappa shape index (κ1) is 13.5. The number of carboxylic acids is 1. The number of nitrogens with one attached hydrogen (secondary N) is 2. The number of aliphatic carboxylic acids is 1. The molecule has 0 unspecified atom stereocenters. The van der Waals surface area contributed by atoms with Crippen molar-refractivity contribution in [1.29, 1.82) is 0 Å². The van der Waals surface area contributed by atoms with Crippen molar-refractivity contribution >= 4 is 17.6 Å². The van der Waals surface area contributed by atoms with Gasteiger partial charge in [0.2, 0.25) is 5.91 Å². The molecule has 1 fully saturated rings. The summed E-state index contributed by atoms with van der Waals surface area (Å²) in [6.45, 7) is 0.885. The first-order valence-corrected chi connectivity index (χ1v) is 6.50. The van der Waals surface area contributed by atoms with Crippen molar-refractivity contribution in [2.24, 2.45) is 0 Å². The number of carbonyl (C=O) groups excluding carboxylic acids is 1. The van der Waals surface area contributed by atoms with E-state index in [-0.39, 0.29) is 18.4 Å². The second-order valence-electron chi connectivity index (χ2n) is 4.76. The third-order valence-corrected chi connectivity index (χ3v) is 3.20. The Labute approximate surface area is 112 Å². The Kier molecular flexibility index (Phi) is 4.52. The molecule has 0 bridgehead atoms. The Morgan fingerprint density at radius 3 is 2.58 bits per heavy atom. The number of hydrogen-bond acceptors (Lipinski definition) is 3. The Morgan fingerprint density at radius 2 is 2.00 bits per heavy atom. The van der Waals surface area contributed by atoms with E-state index in [4.69, 9.17) is 5.11 Å². The molecule has 19 heavy (non-hydrogen) atoms. The number of hydrogen-bond donors (Lipinski definition) is 3. The summed E-state index contributed by atoms with van der Waals surface area (Å²) < 4.78 is 0. The van der Waals surface area contributed by atoms with E-state index in [2.05, 4.69) is 10.6 Å². The molecule has 1 atom stereocenters. The van der Waals surface area contributed by atoms with Crippen LogP contribution in [-0.4, -0.2) is 29.6 Å². The smallest absolute Gasteiger partial charge is 0.307 e. The van der Waals surface area contributed by atoms with Crippen LogP contribution in [-0.2, 0) is 16.0 Å². The summed E-state index contributed by atoms with van der Waals surface area (Å²) in [7, 11) is 0. The van der Waals surface area contributed by atoms with E-state index in [0.717, 1.165) is 31.4 Å². The lowest BCUT2D eigenvalue weighted by molar-refractivity contribution is -0.136. The van der Waals surface area contributed by atoms with Crippen LogP contribution in [0.4, 0.5) is 5.69 Å². The molecular formula is C14H18N2O3. The van der Waals surface area contributed by atoms with Gasteiger partial charge < -0.3 is 15.7 Å². The molecule has 0 radical (unpaired) electrons. The Bertz CT molecular complexity index is 450. The summed E-state index contributed by atoms with van der Waals surface area (Å²) in [6, 6.07) is 6.79. The van der Waals surface area contributed by atoms with Crippen molar-refractivity contribution < 1.29 is 14.7 Å². The van der Waals surface area contributed by atoms with Gasteiger partial charge >= 0.3 is 5.97 Å². The van der Waals surface area contributed by atoms with Crippen LogP contribution in [0.3, 0.4) is 0 Å². The molecule has 0 spiro atoms. The van der Waals surface area contributed by atoms with E-state index in [0.29, 0.717) is 5.69 Å². The van der Waals surface area contributed by atoms with Crippen LogP contribution in [0.5, 0.6) is 0 Å². The molecule has 1 aromatic rings. The molecule has 0 aliphatic carbocycles. The van der Waals surface area contributed by atoms with Crippen LogP contribution in [0.1, 0.15) is 24.8 Å². The van der Waals surface area contributed by atoms with E-state index in [1.807, 2.05) is 0 Å². The zero-order chi connectivity index (χ0) is 13.7. The molecule has 0 aromatic heterocycles. The van der Waals surface area contributed by atoms with Crippen LogP contribution < -0.4 is 10.6 Å². The SMILES string of the molecule is O=C(O)Cc1ccc(NC(=O)[C@H]2CCCCN2)cc1. The van der Waals surface area contributed by atoms with Gasteiger partial charge in [-0.05, 0) is 37.1 Å². The zero-order valence-electron chi connectivity index (χ0n) is 10.7. The van der Waals surface area contributed by atoms with Crippen LogP contribution in [0, 0.1) is 0 Å². The van der Waals surface area contributed by atoms with E-state index >= 15 is 0 Å². The van der Waals surface area contributed by atoms with E-state index in [1.165, 1.54) is 0 Å². The molecule has 5 nitrogen and oxygen atoms in total. The molecule has 1 amide bonds. The fourth-order valence-corrected chi connectivity index (χ4v) is 2.19. The van der Waals surface area contributed by atoms with E-state index in [9.17, 15) is 9.59 Å². The monoisotopic (exact) mass is 262 g/mol. The quantitative estimate of drug-likeness (QED) is 0.766. The molecule has 1 heterocycles. The number of benzene rings is 1. The Hall–Kier alpha value is -1.88. The number of piperidine rings is 1. The van der Waals surface area contributed by atoms with Gasteiger partial charge in [-0.3, -0.25) is 9.59 Å². The van der Waals surface area contributed by atoms with Gasteiger partial charge in [0.1, 0.15) is 0 Å². The highest BCUT2D eigenvalue weighted by atomic mass is 16.4. The van der Waals surface area contributed by atoms with Crippen molar-refractivity contribution in [1.82, 2.24) is 5.32 Å². The van der Waals surface area contributed by atoms with Crippen molar-refractivity contribution in [2.75, 3.05) is 11.9 Å². The second kappa shape index (κ2) is 6.33. The molecule has 3 N–H and O–H groups in total. The standard InChI is InChI=1S/C14H18N2O3/c17-13(18)9-10-4-6-11(7-5-10)16-14(19)12-3-1-2-8-15-12/h4-7,12,15H,1-3,8-9H2,(H,16,19)(H,17,18)/t12-/m1/s1. The van der Waals surface area contributed by atoms with Gasteiger partial charge in [0.05, 0.1) is 12.5 Å². The van der Waals surface area contributed by atoms with E-state index in [1.54, 1.807) is 24.3 Å². The lowest BCUT2D eigenvalue weighted by Crippen LogP contribution is -2.43. The third-order valence-electron chi connectivity index (χ3n) is 3.20. The van der Waals surface area contributed by atoms with Gasteiger partial charge in [0.25, 0.3) is 0 Å². The van der Waals surface area contributed by atoms with Crippen molar-refractivity contribution in [3.05, 3.63) is 29.8 Å². The van der Waals surface area contributed by atoms with Crippen LogP contribution >= 0.6 is 0 Å². The maximum absolute atomic E-state index is 12.0. The maximum Gasteiger partial charge on any atom is 0.307 e. The lowest BCUT2D eigenvalue weighted by Gasteiger charge is -2.22. The summed E-state index contributed by atoms with van der Waals surface area (Å²) in [5, 5.41) is 14.7. The molecule has 5 heteroatoms. The third kappa shape index (κ3) is 4.06. The fraction of sp³-hybridized carbons (Fsp3) is 0.429. The minimum atomic E-state index is -0.858. The molecular weight excluding hydrogens is 244 g/mol. The molecule has 1 aliphatic heterocycles. The average molecular weight is 262 g/mol. The van der Waals surface area contributed by atoms with Gasteiger partial charge in [-0.2, -0.15) is 0 Å². The maximum atomic E-state index is 12.0. The normalized spacial score (nSPS) is 18.8. The van der Waals surface area contributed by atoms with Crippen molar-refractivity contribution in [3.8, 4) is 0 Å². The fourth-order valence-electron chi connectivity index (χ4n) is 2.19. The molecule has 102 valence electrons. The predicted molar refractivity (Wildman–Crippen MR) is 72.1 cm³/mol. The predicted octanol–water partition coefficient (Wildman–Crippen LogP) is 1.39. The molecule has 0 saturated carbocycles. The van der Waals surface area contributed by atoms with Gasteiger partial charge in [0.15, 0.2) is 0 Å². The minimum absolute atomic E-state index is 0.00158. The highest BCUT2D eigenvalue weighted by Crippen LogP contribution is 2.13. The topological polar surface area (TPSA) is 78.4 Å². The summed E-state index contributed by atoms with van der Waals surface area (Å²) in [5.41, 5.74) is 1.42. The molecule has 2 rings (SSSR count). The minimum Gasteiger partial charge on any atom is -0.481 e. The summed E-state index contributed by atoms with van der Waals surface area (Å²) in [5.74, 6) is -0.881. The average Bonchev–Trinajstić information content (AvgIpc) is 2.41. The van der Waals surface area contributed by atoms with Gasteiger partial charge in [-0.25, -0.2) is 0 Å². The lowest BCUT2D eigenvalue weighted by atomic mass is 10.0. The zero-order valence-corrected chi connectivity index (χ0v) is 10.7. The Morgan fingerprint density at radius 1 is 1.26 bits per heavy atom. The molecule has 1 saturated heterocycles. The molecule has 1 aliphatic rings. The number of carbonyl (C=O) groups is 2. The molecule has 1 aromatic carbocycles. The highest BCUT2D eigenvalue weighted by Gasteiger charge is 2.20. The second-order valence-corrected chi connectivity index (χ2v) is 4.76. The summed E-state index contributed by atoms with van der Waals surface area (Å²) >= 11 is 0. The number of amides is 1. The van der Waals surface area contributed by atoms with Gasteiger partial charge in [-0.1, -0.05) is 18.6 Å². The highest BCUT2D eigenvalue weighted by molar-refractivity contribution is 5.94. The van der Waals surface area contributed by atoms with Crippen LogP contribution in [0.25, 0.3) is 0 Å².